The number of aryl methyl sites for hydroxylation is 1. The van der Waals surface area contributed by atoms with Crippen molar-refractivity contribution >= 4 is 39.4 Å². The third-order valence-electron chi connectivity index (χ3n) is 3.67. The fourth-order valence-corrected chi connectivity index (χ4v) is 3.35. The Labute approximate surface area is 170 Å². The quantitative estimate of drug-likeness (QED) is 0.434. The van der Waals surface area contributed by atoms with Gasteiger partial charge >= 0.3 is 0 Å². The number of halogens is 1. The van der Waals surface area contributed by atoms with Gasteiger partial charge in [-0.25, -0.2) is 4.98 Å². The van der Waals surface area contributed by atoms with E-state index in [4.69, 9.17) is 0 Å². The molecule has 3 aromatic rings. The maximum Gasteiger partial charge on any atom is 0.236 e. The number of anilines is 1. The van der Waals surface area contributed by atoms with Crippen LogP contribution < -0.4 is 5.32 Å². The van der Waals surface area contributed by atoms with Gasteiger partial charge in [-0.15, -0.1) is 16.8 Å². The van der Waals surface area contributed by atoms with Crippen molar-refractivity contribution in [3.63, 3.8) is 0 Å². The van der Waals surface area contributed by atoms with Crippen LogP contribution in [-0.4, -0.2) is 31.4 Å². The molecule has 138 valence electrons. The molecule has 1 N–H and O–H groups in total. The number of thioether (sulfide) groups is 1. The Balaban J connectivity index is 1.70. The average Bonchev–Trinajstić information content (AvgIpc) is 3.06. The zero-order valence-electron chi connectivity index (χ0n) is 14.7. The largest absolute Gasteiger partial charge is 0.310 e. The maximum atomic E-state index is 12.2. The first-order valence-corrected chi connectivity index (χ1v) is 10.00. The van der Waals surface area contributed by atoms with Crippen molar-refractivity contribution in [1.82, 2.24) is 19.7 Å². The molecule has 27 heavy (non-hydrogen) atoms. The lowest BCUT2D eigenvalue weighted by atomic mass is 10.1. The molecule has 0 saturated heterocycles. The summed E-state index contributed by atoms with van der Waals surface area (Å²) >= 11 is 4.64. The summed E-state index contributed by atoms with van der Waals surface area (Å²) in [5.41, 5.74) is 2.16. The van der Waals surface area contributed by atoms with Crippen LogP contribution in [-0.2, 0) is 11.3 Å². The molecule has 6 nitrogen and oxygen atoms in total. The zero-order valence-corrected chi connectivity index (χ0v) is 17.1. The van der Waals surface area contributed by atoms with Gasteiger partial charge in [0.15, 0.2) is 11.0 Å². The van der Waals surface area contributed by atoms with Crippen molar-refractivity contribution in [3.05, 3.63) is 65.3 Å². The van der Waals surface area contributed by atoms with Crippen molar-refractivity contribution in [3.8, 4) is 11.4 Å². The number of carbonyl (C=O) groups excluding carboxylic acids is 1. The fraction of sp³-hybridized carbons (Fsp3) is 0.158. The SMILES string of the molecule is C=CCn1c(SCC(=O)Nc2ccc(Br)cn2)nnc1-c1ccc(C)cc1. The number of nitrogens with zero attached hydrogens (tertiary/aromatic N) is 4. The lowest BCUT2D eigenvalue weighted by Gasteiger charge is -2.08. The first-order chi connectivity index (χ1) is 13.1. The minimum atomic E-state index is -0.153. The van der Waals surface area contributed by atoms with E-state index in [1.807, 2.05) is 41.8 Å². The van der Waals surface area contributed by atoms with Gasteiger partial charge in [0.2, 0.25) is 5.91 Å². The number of hydrogen-bond donors (Lipinski definition) is 1. The summed E-state index contributed by atoms with van der Waals surface area (Å²) in [7, 11) is 0. The third-order valence-corrected chi connectivity index (χ3v) is 5.10. The first kappa shape index (κ1) is 19.3. The highest BCUT2D eigenvalue weighted by molar-refractivity contribution is 9.10. The Hall–Kier alpha value is -2.45. The molecule has 0 bridgehead atoms. The predicted octanol–water partition coefficient (Wildman–Crippen LogP) is 4.33. The highest BCUT2D eigenvalue weighted by Crippen LogP contribution is 2.24. The number of carbonyl (C=O) groups is 1. The number of hydrogen-bond acceptors (Lipinski definition) is 5. The molecule has 3 rings (SSSR count). The predicted molar refractivity (Wildman–Crippen MR) is 112 cm³/mol. The number of pyridine rings is 1. The second kappa shape index (κ2) is 8.96. The Kier molecular flexibility index (Phi) is 6.41. The van der Waals surface area contributed by atoms with Gasteiger partial charge < -0.3 is 5.32 Å². The van der Waals surface area contributed by atoms with Gasteiger partial charge in [0.25, 0.3) is 0 Å². The van der Waals surface area contributed by atoms with E-state index in [1.54, 1.807) is 18.3 Å². The van der Waals surface area contributed by atoms with Crippen LogP contribution in [0.4, 0.5) is 5.82 Å². The van der Waals surface area contributed by atoms with E-state index in [1.165, 1.54) is 17.3 Å². The molecule has 1 aromatic carbocycles. The topological polar surface area (TPSA) is 72.7 Å². The van der Waals surface area contributed by atoms with Crippen molar-refractivity contribution < 1.29 is 4.79 Å². The van der Waals surface area contributed by atoms with Crippen molar-refractivity contribution in [2.45, 2.75) is 18.6 Å². The molecule has 1 amide bonds. The van der Waals surface area contributed by atoms with Crippen LogP contribution in [0.15, 0.2) is 64.9 Å². The van der Waals surface area contributed by atoms with Crippen molar-refractivity contribution in [2.75, 3.05) is 11.1 Å². The van der Waals surface area contributed by atoms with Gasteiger partial charge in [-0.1, -0.05) is 47.7 Å². The van der Waals surface area contributed by atoms with E-state index in [0.717, 1.165) is 15.9 Å². The Morgan fingerprint density at radius 1 is 1.26 bits per heavy atom. The molecule has 0 unspecified atom stereocenters. The molecule has 0 aliphatic heterocycles. The average molecular weight is 444 g/mol. The number of amides is 1. The molecule has 0 aliphatic carbocycles. The summed E-state index contributed by atoms with van der Waals surface area (Å²) in [6.45, 7) is 6.41. The van der Waals surface area contributed by atoms with Gasteiger partial charge in [0, 0.05) is 22.8 Å². The van der Waals surface area contributed by atoms with Gasteiger partial charge in [0.1, 0.15) is 5.82 Å². The molecule has 0 aliphatic rings. The number of nitrogens with one attached hydrogen (secondary N) is 1. The molecule has 0 spiro atoms. The van der Waals surface area contributed by atoms with E-state index < -0.39 is 0 Å². The molecular formula is C19H18BrN5OS. The van der Waals surface area contributed by atoms with Crippen LogP contribution in [0.5, 0.6) is 0 Å². The Morgan fingerprint density at radius 2 is 2.04 bits per heavy atom. The highest BCUT2D eigenvalue weighted by atomic mass is 79.9. The number of aromatic nitrogens is 4. The molecule has 0 fully saturated rings. The minimum Gasteiger partial charge on any atom is -0.310 e. The van der Waals surface area contributed by atoms with Crippen LogP contribution in [0, 0.1) is 6.92 Å². The van der Waals surface area contributed by atoms with Gasteiger partial charge in [-0.3, -0.25) is 9.36 Å². The molecule has 0 saturated carbocycles. The van der Waals surface area contributed by atoms with E-state index in [0.29, 0.717) is 17.5 Å². The van der Waals surface area contributed by atoms with Gasteiger partial charge in [-0.05, 0) is 35.0 Å². The summed E-state index contributed by atoms with van der Waals surface area (Å²) in [4.78, 5) is 16.3. The zero-order chi connectivity index (χ0) is 19.2. The van der Waals surface area contributed by atoms with Gasteiger partial charge in [0.05, 0.1) is 5.75 Å². The van der Waals surface area contributed by atoms with Crippen LogP contribution in [0.1, 0.15) is 5.56 Å². The van der Waals surface area contributed by atoms with Crippen LogP contribution >= 0.6 is 27.7 Å². The highest BCUT2D eigenvalue weighted by Gasteiger charge is 2.15. The third kappa shape index (κ3) is 5.05. The minimum absolute atomic E-state index is 0.153. The molecule has 2 aromatic heterocycles. The van der Waals surface area contributed by atoms with Crippen molar-refractivity contribution in [1.29, 1.82) is 0 Å². The van der Waals surface area contributed by atoms with E-state index >= 15 is 0 Å². The molecular weight excluding hydrogens is 426 g/mol. The summed E-state index contributed by atoms with van der Waals surface area (Å²) in [5.74, 6) is 1.32. The number of benzene rings is 1. The smallest absolute Gasteiger partial charge is 0.236 e. The first-order valence-electron chi connectivity index (χ1n) is 8.22. The summed E-state index contributed by atoms with van der Waals surface area (Å²) < 4.78 is 2.81. The Morgan fingerprint density at radius 3 is 2.70 bits per heavy atom. The molecule has 0 radical (unpaired) electrons. The standard InChI is InChI=1S/C19H18BrN5OS/c1-3-10-25-18(14-6-4-13(2)5-7-14)23-24-19(25)27-12-17(26)22-16-9-8-15(20)11-21-16/h3-9,11H,1,10,12H2,2H3,(H,21,22,26). The van der Waals surface area contributed by atoms with E-state index in [9.17, 15) is 4.79 Å². The molecule has 2 heterocycles. The second-order valence-corrected chi connectivity index (χ2v) is 7.63. The van der Waals surface area contributed by atoms with Crippen LogP contribution in [0.25, 0.3) is 11.4 Å². The van der Waals surface area contributed by atoms with Crippen LogP contribution in [0.2, 0.25) is 0 Å². The number of rotatable bonds is 7. The van der Waals surface area contributed by atoms with Crippen molar-refractivity contribution in [2.24, 2.45) is 0 Å². The second-order valence-electron chi connectivity index (χ2n) is 5.77. The maximum absolute atomic E-state index is 12.2. The van der Waals surface area contributed by atoms with Crippen LogP contribution in [0.3, 0.4) is 0 Å². The normalized spacial score (nSPS) is 10.6. The Bertz CT molecular complexity index is 938. The molecule has 0 atom stereocenters. The van der Waals surface area contributed by atoms with Gasteiger partial charge in [-0.2, -0.15) is 0 Å². The lowest BCUT2D eigenvalue weighted by Crippen LogP contribution is -2.15. The fourth-order valence-electron chi connectivity index (χ4n) is 2.36. The van der Waals surface area contributed by atoms with E-state index in [-0.39, 0.29) is 11.7 Å². The lowest BCUT2D eigenvalue weighted by molar-refractivity contribution is -0.113. The number of allylic oxidation sites excluding steroid dienone is 1. The monoisotopic (exact) mass is 443 g/mol. The summed E-state index contributed by atoms with van der Waals surface area (Å²) in [6.07, 6.45) is 3.42. The molecule has 8 heteroatoms. The summed E-state index contributed by atoms with van der Waals surface area (Å²) in [5, 5.41) is 12.0. The summed E-state index contributed by atoms with van der Waals surface area (Å²) in [6, 6.07) is 11.7. The van der Waals surface area contributed by atoms with E-state index in [2.05, 4.69) is 43.0 Å².